The van der Waals surface area contributed by atoms with Crippen LogP contribution in [0.2, 0.25) is 0 Å². The van der Waals surface area contributed by atoms with Crippen molar-refractivity contribution in [2.24, 2.45) is 5.73 Å². The van der Waals surface area contributed by atoms with Crippen molar-refractivity contribution in [3.63, 3.8) is 0 Å². The molecule has 0 radical (unpaired) electrons. The zero-order chi connectivity index (χ0) is 15.2. The molecule has 0 aromatic heterocycles. The summed E-state index contributed by atoms with van der Waals surface area (Å²) in [5.41, 5.74) is 6.08. The molecule has 0 saturated carbocycles. The van der Waals surface area contributed by atoms with Crippen molar-refractivity contribution < 1.29 is 17.9 Å². The highest BCUT2D eigenvalue weighted by molar-refractivity contribution is 7.89. The van der Waals surface area contributed by atoms with E-state index in [4.69, 9.17) is 10.5 Å². The number of amides is 1. The van der Waals surface area contributed by atoms with Gasteiger partial charge < -0.3 is 10.5 Å². The van der Waals surface area contributed by atoms with E-state index in [2.05, 4.69) is 0 Å². The summed E-state index contributed by atoms with van der Waals surface area (Å²) in [5, 5.41) is 0. The third-order valence-corrected chi connectivity index (χ3v) is 4.61. The monoisotopic (exact) mass is 300 g/mol. The molecule has 2 N–H and O–H groups in total. The predicted molar refractivity (Wildman–Crippen MR) is 75.6 cm³/mol. The molecule has 0 aliphatic carbocycles. The first-order valence-electron chi connectivity index (χ1n) is 6.22. The van der Waals surface area contributed by atoms with Gasteiger partial charge in [-0.3, -0.25) is 4.79 Å². The number of ether oxygens (including phenoxy) is 1. The number of carbonyl (C=O) groups excluding carboxylic acids is 1. The summed E-state index contributed by atoms with van der Waals surface area (Å²) in [6.07, 6.45) is 0.495. The summed E-state index contributed by atoms with van der Waals surface area (Å²) in [7, 11) is -2.18. The summed E-state index contributed by atoms with van der Waals surface area (Å²) in [6, 6.07) is 6.47. The minimum atomic E-state index is -3.72. The van der Waals surface area contributed by atoms with Gasteiger partial charge >= 0.3 is 0 Å². The second kappa shape index (κ2) is 7.37. The molecule has 0 unspecified atom stereocenters. The Morgan fingerprint density at radius 3 is 2.40 bits per heavy atom. The van der Waals surface area contributed by atoms with E-state index >= 15 is 0 Å². The van der Waals surface area contributed by atoms with Crippen LogP contribution in [0.3, 0.4) is 0 Å². The van der Waals surface area contributed by atoms with E-state index in [-0.39, 0.29) is 18.0 Å². The number of hydrogen-bond acceptors (Lipinski definition) is 4. The lowest BCUT2D eigenvalue weighted by Gasteiger charge is -2.20. The average molecular weight is 300 g/mol. The number of nitrogens with zero attached hydrogens (tertiary/aromatic N) is 1. The quantitative estimate of drug-likeness (QED) is 0.708. The highest BCUT2D eigenvalue weighted by Gasteiger charge is 2.25. The average Bonchev–Trinajstić information content (AvgIpc) is 2.38. The van der Waals surface area contributed by atoms with Gasteiger partial charge in [-0.15, -0.1) is 0 Å². The molecule has 20 heavy (non-hydrogen) atoms. The standard InChI is InChI=1S/C13H20N2O4S/c1-11-4-6-12(7-5-11)20(17,18)15(10-13(14)16)8-3-9-19-2/h4-7H,3,8-10H2,1-2H3,(H2,14,16). The Bertz CT molecular complexity index is 540. The number of hydrogen-bond donors (Lipinski definition) is 1. The van der Waals surface area contributed by atoms with Gasteiger partial charge in [-0.05, 0) is 25.5 Å². The smallest absolute Gasteiger partial charge is 0.243 e. The first-order chi connectivity index (χ1) is 9.37. The topological polar surface area (TPSA) is 89.7 Å². The number of rotatable bonds is 8. The molecule has 0 heterocycles. The third kappa shape index (κ3) is 4.59. The van der Waals surface area contributed by atoms with Crippen molar-refractivity contribution in [1.29, 1.82) is 0 Å². The first-order valence-corrected chi connectivity index (χ1v) is 7.66. The van der Waals surface area contributed by atoms with Crippen LogP contribution in [0.25, 0.3) is 0 Å². The predicted octanol–water partition coefficient (Wildman–Crippen LogP) is 0.508. The van der Waals surface area contributed by atoms with Crippen LogP contribution in [-0.4, -0.2) is 45.4 Å². The van der Waals surface area contributed by atoms with E-state index < -0.39 is 15.9 Å². The van der Waals surface area contributed by atoms with E-state index in [1.54, 1.807) is 12.1 Å². The van der Waals surface area contributed by atoms with Crippen LogP contribution in [0.4, 0.5) is 0 Å². The molecule has 0 saturated heterocycles. The maximum atomic E-state index is 12.5. The summed E-state index contributed by atoms with van der Waals surface area (Å²) < 4.78 is 30.9. The normalized spacial score (nSPS) is 11.8. The van der Waals surface area contributed by atoms with Gasteiger partial charge in [0.1, 0.15) is 0 Å². The molecule has 112 valence electrons. The number of aryl methyl sites for hydroxylation is 1. The Morgan fingerprint density at radius 2 is 1.90 bits per heavy atom. The Labute approximate surface area is 119 Å². The number of sulfonamides is 1. The fourth-order valence-corrected chi connectivity index (χ4v) is 3.15. The molecule has 1 aromatic rings. The maximum absolute atomic E-state index is 12.5. The summed E-state index contributed by atoms with van der Waals surface area (Å²) in [4.78, 5) is 11.2. The summed E-state index contributed by atoms with van der Waals surface area (Å²) >= 11 is 0. The van der Waals surface area contributed by atoms with Crippen LogP contribution < -0.4 is 5.73 Å². The molecule has 0 aliphatic heterocycles. The van der Waals surface area contributed by atoms with Crippen LogP contribution in [0.15, 0.2) is 29.2 Å². The van der Waals surface area contributed by atoms with Crippen molar-refractivity contribution in [2.75, 3.05) is 26.8 Å². The molecule has 1 amide bonds. The van der Waals surface area contributed by atoms with Crippen LogP contribution in [0, 0.1) is 6.92 Å². The van der Waals surface area contributed by atoms with Gasteiger partial charge in [0.2, 0.25) is 15.9 Å². The number of primary amides is 1. The van der Waals surface area contributed by atoms with Crippen molar-refractivity contribution >= 4 is 15.9 Å². The summed E-state index contributed by atoms with van der Waals surface area (Å²) in [5.74, 6) is -0.682. The highest BCUT2D eigenvalue weighted by Crippen LogP contribution is 2.16. The van der Waals surface area contributed by atoms with E-state index in [9.17, 15) is 13.2 Å². The fraction of sp³-hybridized carbons (Fsp3) is 0.462. The molecule has 0 atom stereocenters. The lowest BCUT2D eigenvalue weighted by Crippen LogP contribution is -2.39. The van der Waals surface area contributed by atoms with E-state index in [1.807, 2.05) is 6.92 Å². The Kier molecular flexibility index (Phi) is 6.12. The first kappa shape index (κ1) is 16.6. The van der Waals surface area contributed by atoms with Crippen molar-refractivity contribution in [3.8, 4) is 0 Å². The van der Waals surface area contributed by atoms with E-state index in [1.165, 1.54) is 19.2 Å². The van der Waals surface area contributed by atoms with Gasteiger partial charge in [0.05, 0.1) is 11.4 Å². The molecule has 7 heteroatoms. The van der Waals surface area contributed by atoms with Gasteiger partial charge in [0, 0.05) is 20.3 Å². The molecule has 1 aromatic carbocycles. The van der Waals surface area contributed by atoms with Gasteiger partial charge in [-0.1, -0.05) is 17.7 Å². The number of methoxy groups -OCH3 is 1. The molecular weight excluding hydrogens is 280 g/mol. The SMILES string of the molecule is COCCCN(CC(N)=O)S(=O)(=O)c1ccc(C)cc1. The maximum Gasteiger partial charge on any atom is 0.243 e. The molecule has 0 fully saturated rings. The molecule has 1 rings (SSSR count). The number of benzene rings is 1. The second-order valence-corrected chi connectivity index (χ2v) is 6.40. The fourth-order valence-electron chi connectivity index (χ4n) is 1.70. The molecule has 0 aliphatic rings. The molecule has 6 nitrogen and oxygen atoms in total. The Morgan fingerprint density at radius 1 is 1.30 bits per heavy atom. The van der Waals surface area contributed by atoms with E-state index in [0.29, 0.717) is 13.0 Å². The minimum Gasteiger partial charge on any atom is -0.385 e. The van der Waals surface area contributed by atoms with Crippen LogP contribution in [0.5, 0.6) is 0 Å². The van der Waals surface area contributed by atoms with Gasteiger partial charge in [-0.25, -0.2) is 8.42 Å². The number of carbonyl (C=O) groups is 1. The van der Waals surface area contributed by atoms with E-state index in [0.717, 1.165) is 9.87 Å². The lowest BCUT2D eigenvalue weighted by molar-refractivity contribution is -0.118. The zero-order valence-electron chi connectivity index (χ0n) is 11.7. The Balaban J connectivity index is 2.97. The zero-order valence-corrected chi connectivity index (χ0v) is 12.5. The largest absolute Gasteiger partial charge is 0.385 e. The van der Waals surface area contributed by atoms with Gasteiger partial charge in [0.25, 0.3) is 0 Å². The van der Waals surface area contributed by atoms with Crippen molar-refractivity contribution in [2.45, 2.75) is 18.2 Å². The van der Waals surface area contributed by atoms with Crippen LogP contribution in [-0.2, 0) is 19.6 Å². The van der Waals surface area contributed by atoms with Crippen molar-refractivity contribution in [1.82, 2.24) is 4.31 Å². The second-order valence-electron chi connectivity index (χ2n) is 4.46. The van der Waals surface area contributed by atoms with Crippen LogP contribution in [0.1, 0.15) is 12.0 Å². The lowest BCUT2D eigenvalue weighted by atomic mass is 10.2. The highest BCUT2D eigenvalue weighted by atomic mass is 32.2. The van der Waals surface area contributed by atoms with Gasteiger partial charge in [0.15, 0.2) is 0 Å². The number of nitrogens with two attached hydrogens (primary N) is 1. The molecule has 0 spiro atoms. The molecular formula is C13H20N2O4S. The third-order valence-electron chi connectivity index (χ3n) is 2.75. The van der Waals surface area contributed by atoms with Crippen molar-refractivity contribution in [3.05, 3.63) is 29.8 Å². The van der Waals surface area contributed by atoms with Gasteiger partial charge in [-0.2, -0.15) is 4.31 Å². The minimum absolute atomic E-state index is 0.154. The Hall–Kier alpha value is -1.44. The van der Waals surface area contributed by atoms with Crippen LogP contribution >= 0.6 is 0 Å². The summed E-state index contributed by atoms with van der Waals surface area (Å²) in [6.45, 7) is 2.14. The molecule has 0 bridgehead atoms.